The van der Waals surface area contributed by atoms with Crippen LogP contribution in [-0.2, 0) is 4.79 Å². The number of nitrogens with one attached hydrogen (secondary N) is 2. The monoisotopic (exact) mass is 280 g/mol. The molecule has 1 amide bonds. The average Bonchev–Trinajstić information content (AvgIpc) is 2.63. The van der Waals surface area contributed by atoms with Crippen molar-refractivity contribution in [1.82, 2.24) is 10.3 Å². The summed E-state index contributed by atoms with van der Waals surface area (Å²) in [6, 6.07) is -0.920. The van der Waals surface area contributed by atoms with Crippen LogP contribution in [-0.4, -0.2) is 33.8 Å². The Bertz CT molecular complexity index is 546. The van der Waals surface area contributed by atoms with E-state index in [2.05, 4.69) is 10.3 Å². The smallest absolute Gasteiger partial charge is 0.326 e. The molecule has 3 N–H and O–H groups in total. The maximum atomic E-state index is 12.1. The molecule has 1 heterocycles. The molecule has 0 aromatic carbocycles. The predicted molar refractivity (Wildman–Crippen MR) is 74.1 cm³/mol. The molecule has 1 atom stereocenters. The maximum Gasteiger partial charge on any atom is 0.326 e. The van der Waals surface area contributed by atoms with Crippen LogP contribution in [0.1, 0.15) is 58.8 Å². The molecule has 6 heteroatoms. The highest BCUT2D eigenvalue weighted by molar-refractivity contribution is 6.03. The van der Waals surface area contributed by atoms with Crippen LogP contribution in [0.2, 0.25) is 0 Å². The van der Waals surface area contributed by atoms with Crippen LogP contribution >= 0.6 is 0 Å². The van der Waals surface area contributed by atoms with Crippen LogP contribution in [0.25, 0.3) is 0 Å². The van der Waals surface area contributed by atoms with Crippen LogP contribution in [0.5, 0.6) is 0 Å². The Morgan fingerprint density at radius 1 is 1.30 bits per heavy atom. The second-order valence-electron chi connectivity index (χ2n) is 4.83. The molecule has 1 rings (SSSR count). The fourth-order valence-electron chi connectivity index (χ4n) is 2.28. The Labute approximate surface area is 117 Å². The zero-order valence-corrected chi connectivity index (χ0v) is 12.2. The van der Waals surface area contributed by atoms with Gasteiger partial charge in [-0.3, -0.25) is 9.59 Å². The number of carbonyl (C=O) groups excluding carboxylic acids is 2. The van der Waals surface area contributed by atoms with Gasteiger partial charge in [-0.25, -0.2) is 4.79 Å². The Morgan fingerprint density at radius 2 is 1.90 bits per heavy atom. The summed E-state index contributed by atoms with van der Waals surface area (Å²) in [4.78, 5) is 37.5. The number of ketones is 1. The molecular formula is C14H20N2O4. The van der Waals surface area contributed by atoms with Crippen LogP contribution < -0.4 is 5.32 Å². The molecule has 1 unspecified atom stereocenters. The van der Waals surface area contributed by atoms with Crippen molar-refractivity contribution in [3.05, 3.63) is 22.5 Å². The molecule has 0 aliphatic rings. The predicted octanol–water partition coefficient (Wildman–Crippen LogP) is 1.82. The maximum absolute atomic E-state index is 12.1. The number of aromatic amines is 1. The number of aromatic nitrogens is 1. The van der Waals surface area contributed by atoms with Crippen molar-refractivity contribution in [2.45, 2.75) is 46.6 Å². The number of H-pyrrole nitrogens is 1. The van der Waals surface area contributed by atoms with E-state index in [0.717, 1.165) is 0 Å². The van der Waals surface area contributed by atoms with E-state index in [9.17, 15) is 14.4 Å². The fourth-order valence-corrected chi connectivity index (χ4v) is 2.28. The first kappa shape index (κ1) is 15.9. The van der Waals surface area contributed by atoms with Crippen molar-refractivity contribution in [3.63, 3.8) is 0 Å². The Hall–Kier alpha value is -2.11. The van der Waals surface area contributed by atoms with Crippen LogP contribution in [0.15, 0.2) is 0 Å². The van der Waals surface area contributed by atoms with E-state index in [1.807, 2.05) is 6.92 Å². The van der Waals surface area contributed by atoms with E-state index in [1.165, 1.54) is 6.92 Å². The molecule has 0 saturated carbocycles. The summed E-state index contributed by atoms with van der Waals surface area (Å²) in [5, 5.41) is 11.5. The third kappa shape index (κ3) is 3.26. The Kier molecular flexibility index (Phi) is 5.07. The fraction of sp³-hybridized carbons (Fsp3) is 0.500. The highest BCUT2D eigenvalue weighted by Crippen LogP contribution is 2.18. The Balaban J connectivity index is 3.01. The molecule has 20 heavy (non-hydrogen) atoms. The molecule has 1 aromatic heterocycles. The minimum Gasteiger partial charge on any atom is -0.480 e. The number of hydrogen-bond acceptors (Lipinski definition) is 3. The number of aryl methyl sites for hydroxylation is 1. The lowest BCUT2D eigenvalue weighted by Gasteiger charge is -2.13. The molecule has 0 spiro atoms. The second kappa shape index (κ2) is 6.36. The first-order chi connectivity index (χ1) is 9.29. The second-order valence-corrected chi connectivity index (χ2v) is 4.83. The van der Waals surface area contributed by atoms with Gasteiger partial charge in [0.05, 0.1) is 0 Å². The number of carboxylic acids is 1. The van der Waals surface area contributed by atoms with E-state index in [1.54, 1.807) is 13.8 Å². The molecule has 0 aliphatic heterocycles. The van der Waals surface area contributed by atoms with Gasteiger partial charge in [-0.1, -0.05) is 13.3 Å². The quantitative estimate of drug-likeness (QED) is 0.692. The SMILES string of the molecule is CCCC(NC(=O)c1[nH]c(C)c(C(C)=O)c1C)C(=O)O. The van der Waals surface area contributed by atoms with Crippen LogP contribution in [0.4, 0.5) is 0 Å². The lowest BCUT2D eigenvalue weighted by atomic mass is 10.1. The van der Waals surface area contributed by atoms with Crippen molar-refractivity contribution >= 4 is 17.7 Å². The van der Waals surface area contributed by atoms with Gasteiger partial charge < -0.3 is 15.4 Å². The Morgan fingerprint density at radius 3 is 2.30 bits per heavy atom. The van der Waals surface area contributed by atoms with E-state index in [0.29, 0.717) is 29.7 Å². The molecule has 110 valence electrons. The summed E-state index contributed by atoms with van der Waals surface area (Å²) in [5.41, 5.74) is 1.89. The average molecular weight is 280 g/mol. The highest BCUT2D eigenvalue weighted by Gasteiger charge is 2.24. The van der Waals surface area contributed by atoms with Crippen molar-refractivity contribution in [1.29, 1.82) is 0 Å². The van der Waals surface area contributed by atoms with Gasteiger partial charge in [-0.05, 0) is 32.8 Å². The van der Waals surface area contributed by atoms with Gasteiger partial charge in [-0.15, -0.1) is 0 Å². The minimum absolute atomic E-state index is 0.126. The standard InChI is InChI=1S/C14H20N2O4/c1-5-6-10(14(19)20)16-13(18)12-7(2)11(9(4)17)8(3)15-12/h10,15H,5-6H2,1-4H3,(H,16,18)(H,19,20). The molecule has 0 saturated heterocycles. The molecular weight excluding hydrogens is 260 g/mol. The number of Topliss-reactive ketones (excluding diaryl/α,β-unsaturated/α-hetero) is 1. The molecule has 0 bridgehead atoms. The molecule has 0 fully saturated rings. The van der Waals surface area contributed by atoms with Crippen molar-refractivity contribution in [3.8, 4) is 0 Å². The van der Waals surface area contributed by atoms with E-state index >= 15 is 0 Å². The van der Waals surface area contributed by atoms with Crippen molar-refractivity contribution in [2.75, 3.05) is 0 Å². The first-order valence-corrected chi connectivity index (χ1v) is 6.53. The number of carbonyl (C=O) groups is 3. The lowest BCUT2D eigenvalue weighted by Crippen LogP contribution is -2.41. The number of amides is 1. The number of rotatable bonds is 6. The van der Waals surface area contributed by atoms with Gasteiger partial charge >= 0.3 is 5.97 Å². The van der Waals surface area contributed by atoms with Crippen molar-refractivity contribution in [2.24, 2.45) is 0 Å². The van der Waals surface area contributed by atoms with Crippen LogP contribution in [0, 0.1) is 13.8 Å². The summed E-state index contributed by atoms with van der Waals surface area (Å²) in [6.07, 6.45) is 1.01. The topological polar surface area (TPSA) is 99.3 Å². The van der Waals surface area contributed by atoms with Gasteiger partial charge in [-0.2, -0.15) is 0 Å². The zero-order valence-electron chi connectivity index (χ0n) is 12.2. The van der Waals surface area contributed by atoms with Gasteiger partial charge in [0.25, 0.3) is 5.91 Å². The molecule has 1 aromatic rings. The van der Waals surface area contributed by atoms with E-state index < -0.39 is 17.9 Å². The summed E-state index contributed by atoms with van der Waals surface area (Å²) >= 11 is 0. The largest absolute Gasteiger partial charge is 0.480 e. The number of aliphatic carboxylic acids is 1. The lowest BCUT2D eigenvalue weighted by molar-refractivity contribution is -0.139. The molecule has 6 nitrogen and oxygen atoms in total. The van der Waals surface area contributed by atoms with E-state index in [-0.39, 0.29) is 11.5 Å². The molecule has 0 aliphatic carbocycles. The highest BCUT2D eigenvalue weighted by atomic mass is 16.4. The first-order valence-electron chi connectivity index (χ1n) is 6.53. The van der Waals surface area contributed by atoms with Gasteiger partial charge in [0.1, 0.15) is 11.7 Å². The zero-order chi connectivity index (χ0) is 15.4. The normalized spacial score (nSPS) is 12.0. The summed E-state index contributed by atoms with van der Waals surface area (Å²) in [5.74, 6) is -1.69. The molecule has 0 radical (unpaired) electrons. The number of carboxylic acid groups (broad SMARTS) is 1. The van der Waals surface area contributed by atoms with Crippen LogP contribution in [0.3, 0.4) is 0 Å². The third-order valence-corrected chi connectivity index (χ3v) is 3.20. The van der Waals surface area contributed by atoms with Gasteiger partial charge in [0.15, 0.2) is 5.78 Å². The summed E-state index contributed by atoms with van der Waals surface area (Å²) in [7, 11) is 0. The number of hydrogen-bond donors (Lipinski definition) is 3. The van der Waals surface area contributed by atoms with Gasteiger partial charge in [0, 0.05) is 11.3 Å². The summed E-state index contributed by atoms with van der Waals surface area (Å²) < 4.78 is 0. The summed E-state index contributed by atoms with van der Waals surface area (Å²) in [6.45, 7) is 6.66. The van der Waals surface area contributed by atoms with Gasteiger partial charge in [0.2, 0.25) is 0 Å². The van der Waals surface area contributed by atoms with Crippen molar-refractivity contribution < 1.29 is 19.5 Å². The minimum atomic E-state index is -1.06. The van der Waals surface area contributed by atoms with E-state index in [4.69, 9.17) is 5.11 Å². The third-order valence-electron chi connectivity index (χ3n) is 3.20.